The molecule has 0 unspecified atom stereocenters. The summed E-state index contributed by atoms with van der Waals surface area (Å²) in [7, 11) is 0. The lowest BCUT2D eigenvalue weighted by Gasteiger charge is -2.37. The van der Waals surface area contributed by atoms with Crippen LogP contribution in [0.4, 0.5) is 10.1 Å². The van der Waals surface area contributed by atoms with Gasteiger partial charge >= 0.3 is 0 Å². The molecule has 1 aliphatic carbocycles. The molecule has 1 saturated carbocycles. The smallest absolute Gasteiger partial charge is 0.230 e. The van der Waals surface area contributed by atoms with Crippen LogP contribution in [0.15, 0.2) is 42.6 Å². The summed E-state index contributed by atoms with van der Waals surface area (Å²) in [6.07, 6.45) is 6.61. The van der Waals surface area contributed by atoms with Crippen LogP contribution in [0.1, 0.15) is 37.3 Å². The van der Waals surface area contributed by atoms with Crippen LogP contribution in [0.3, 0.4) is 0 Å². The molecule has 7 heteroatoms. The highest BCUT2D eigenvalue weighted by Gasteiger charge is 2.39. The molecule has 5 rings (SSSR count). The molecule has 0 spiro atoms. The van der Waals surface area contributed by atoms with Gasteiger partial charge in [-0.2, -0.15) is 0 Å². The first-order valence-corrected chi connectivity index (χ1v) is 11.7. The van der Waals surface area contributed by atoms with Crippen LogP contribution in [0.25, 0.3) is 5.57 Å². The number of halogens is 1. The third-order valence-corrected chi connectivity index (χ3v) is 6.65. The van der Waals surface area contributed by atoms with Gasteiger partial charge in [-0.1, -0.05) is 6.07 Å². The van der Waals surface area contributed by atoms with Crippen LogP contribution in [0.2, 0.25) is 0 Å². The maximum absolute atomic E-state index is 13.9. The average molecular weight is 449 g/mol. The van der Waals surface area contributed by atoms with Crippen LogP contribution in [-0.4, -0.2) is 37.3 Å². The Bertz CT molecular complexity index is 1110. The number of carbonyl (C=O) groups is 1. The van der Waals surface area contributed by atoms with E-state index in [-0.39, 0.29) is 23.7 Å². The minimum absolute atomic E-state index is 0.114. The minimum Gasteiger partial charge on any atom is -0.456 e. The van der Waals surface area contributed by atoms with E-state index in [1.165, 1.54) is 18.3 Å². The van der Waals surface area contributed by atoms with Crippen molar-refractivity contribution in [1.82, 2.24) is 10.6 Å². The van der Waals surface area contributed by atoms with Crippen LogP contribution < -0.4 is 20.3 Å². The number of benzene rings is 2. The Balaban J connectivity index is 1.59. The quantitative estimate of drug-likeness (QED) is 0.554. The predicted octanol–water partition coefficient (Wildman–Crippen LogP) is 4.25. The molecule has 0 radical (unpaired) electrons. The van der Waals surface area contributed by atoms with Crippen molar-refractivity contribution < 1.29 is 13.9 Å². The highest BCUT2D eigenvalue weighted by Crippen LogP contribution is 2.44. The highest BCUT2D eigenvalue weighted by molar-refractivity contribution is 6.10. The van der Waals surface area contributed by atoms with Gasteiger partial charge in [0.2, 0.25) is 5.91 Å². The number of ether oxygens (including phenoxy) is 1. The highest BCUT2D eigenvalue weighted by atomic mass is 19.1. The van der Waals surface area contributed by atoms with E-state index in [9.17, 15) is 9.18 Å². The zero-order chi connectivity index (χ0) is 22.9. The molecule has 3 N–H and O–H groups in total. The Morgan fingerprint density at radius 1 is 1.24 bits per heavy atom. The lowest BCUT2D eigenvalue weighted by atomic mass is 9.91. The Kier molecular flexibility index (Phi) is 5.89. The van der Waals surface area contributed by atoms with Crippen LogP contribution >= 0.6 is 0 Å². The molecule has 1 saturated heterocycles. The molecule has 172 valence electrons. The number of allylic oxidation sites excluding steroid dienone is 1. The molecule has 2 heterocycles. The number of rotatable bonds is 7. The maximum atomic E-state index is 13.9. The monoisotopic (exact) mass is 448 g/mol. The van der Waals surface area contributed by atoms with Crippen molar-refractivity contribution >= 4 is 23.4 Å². The molecule has 0 bridgehead atoms. The van der Waals surface area contributed by atoms with Gasteiger partial charge in [0, 0.05) is 60.2 Å². The molecule has 1 amide bonds. The number of carbonyl (C=O) groups excluding carboxylic acids is 1. The molecule has 6 nitrogen and oxygen atoms in total. The van der Waals surface area contributed by atoms with Gasteiger partial charge < -0.3 is 25.7 Å². The van der Waals surface area contributed by atoms with Crippen molar-refractivity contribution in [2.45, 2.75) is 44.7 Å². The fraction of sp³-hybridized carbons (Fsp3) is 0.385. The van der Waals surface area contributed by atoms with Crippen LogP contribution in [0, 0.1) is 17.1 Å². The molecule has 2 aliphatic heterocycles. The molecule has 3 aliphatic rings. The van der Waals surface area contributed by atoms with Crippen molar-refractivity contribution in [2.75, 3.05) is 18.0 Å². The summed E-state index contributed by atoms with van der Waals surface area (Å²) < 4.78 is 20.2. The van der Waals surface area contributed by atoms with E-state index in [1.54, 1.807) is 12.1 Å². The standard InChI is InChI=1S/C26H29FN4O2/c1-16-5-8-23-24(31(16)26(32)17-6-7-17)10-9-22(18(12-28)13-30-20-14-29-15-20)25(23)33-21-4-2-3-19(27)11-21/h2-4,9-13,16-17,20,28-30H,5-8,14-15H2,1H3/b18-13+,28-12?/t16-/m0/s1. The number of anilines is 1. The Hall–Kier alpha value is -3.19. The molecule has 2 aromatic rings. The van der Waals surface area contributed by atoms with E-state index >= 15 is 0 Å². The van der Waals surface area contributed by atoms with Gasteiger partial charge in [0.25, 0.3) is 0 Å². The Morgan fingerprint density at radius 2 is 2.06 bits per heavy atom. The molecule has 1 atom stereocenters. The first-order chi connectivity index (χ1) is 16.0. The Morgan fingerprint density at radius 3 is 2.73 bits per heavy atom. The van der Waals surface area contributed by atoms with Gasteiger partial charge in [-0.3, -0.25) is 4.79 Å². The molecule has 0 aromatic heterocycles. The zero-order valence-corrected chi connectivity index (χ0v) is 18.7. The summed E-state index contributed by atoms with van der Waals surface area (Å²) in [5, 5.41) is 14.6. The zero-order valence-electron chi connectivity index (χ0n) is 18.7. The first-order valence-electron chi connectivity index (χ1n) is 11.7. The van der Waals surface area contributed by atoms with Crippen molar-refractivity contribution in [3.05, 3.63) is 59.5 Å². The molecule has 33 heavy (non-hydrogen) atoms. The van der Waals surface area contributed by atoms with Gasteiger partial charge in [0.05, 0.1) is 11.7 Å². The number of fused-ring (bicyclic) bond motifs is 1. The maximum Gasteiger partial charge on any atom is 0.230 e. The van der Waals surface area contributed by atoms with E-state index in [1.807, 2.05) is 23.2 Å². The SMILES string of the molecule is C[C@H]1CCc2c(ccc(/C(C=N)=C/NC3CNC3)c2Oc2cccc(F)c2)N1C(=O)C1CC1. The second kappa shape index (κ2) is 8.98. The van der Waals surface area contributed by atoms with E-state index in [4.69, 9.17) is 10.1 Å². The molecule has 2 aromatic carbocycles. The summed E-state index contributed by atoms with van der Waals surface area (Å²) in [4.78, 5) is 15.0. The summed E-state index contributed by atoms with van der Waals surface area (Å²) in [6.45, 7) is 3.85. The van der Waals surface area contributed by atoms with E-state index < -0.39 is 0 Å². The number of amides is 1. The molecule has 2 fully saturated rings. The first kappa shape index (κ1) is 21.6. The largest absolute Gasteiger partial charge is 0.456 e. The summed E-state index contributed by atoms with van der Waals surface area (Å²) in [5.74, 6) is 0.892. The second-order valence-corrected chi connectivity index (χ2v) is 9.14. The van der Waals surface area contributed by atoms with Gasteiger partial charge in [-0.05, 0) is 56.9 Å². The lowest BCUT2D eigenvalue weighted by Crippen LogP contribution is -2.53. The number of hydrogen-bond acceptors (Lipinski definition) is 5. The van der Waals surface area contributed by atoms with Crippen molar-refractivity contribution in [2.24, 2.45) is 5.92 Å². The average Bonchev–Trinajstić information content (AvgIpc) is 3.61. The molecular weight excluding hydrogens is 419 g/mol. The number of nitrogens with zero attached hydrogens (tertiary/aromatic N) is 1. The third kappa shape index (κ3) is 4.37. The van der Waals surface area contributed by atoms with Crippen LogP contribution in [0.5, 0.6) is 11.5 Å². The fourth-order valence-electron chi connectivity index (χ4n) is 4.47. The summed E-state index contributed by atoms with van der Waals surface area (Å²) >= 11 is 0. The summed E-state index contributed by atoms with van der Waals surface area (Å²) in [5.41, 5.74) is 3.22. The topological polar surface area (TPSA) is 77.5 Å². The van der Waals surface area contributed by atoms with E-state index in [0.717, 1.165) is 55.6 Å². The molecular formula is C26H29FN4O2. The normalized spacial score (nSPS) is 20.6. The number of hydrogen-bond donors (Lipinski definition) is 3. The lowest BCUT2D eigenvalue weighted by molar-refractivity contribution is -0.120. The Labute approximate surface area is 193 Å². The van der Waals surface area contributed by atoms with Crippen molar-refractivity contribution in [1.29, 1.82) is 5.41 Å². The van der Waals surface area contributed by atoms with Gasteiger partial charge in [-0.15, -0.1) is 0 Å². The van der Waals surface area contributed by atoms with Crippen molar-refractivity contribution in [3.8, 4) is 11.5 Å². The second-order valence-electron chi connectivity index (χ2n) is 9.14. The van der Waals surface area contributed by atoms with Gasteiger partial charge in [-0.25, -0.2) is 4.39 Å². The third-order valence-electron chi connectivity index (χ3n) is 6.65. The summed E-state index contributed by atoms with van der Waals surface area (Å²) in [6, 6.07) is 10.4. The van der Waals surface area contributed by atoms with E-state index in [0.29, 0.717) is 23.1 Å². The predicted molar refractivity (Wildman–Crippen MR) is 127 cm³/mol. The van der Waals surface area contributed by atoms with Crippen molar-refractivity contribution in [3.63, 3.8) is 0 Å². The van der Waals surface area contributed by atoms with E-state index in [2.05, 4.69) is 17.6 Å². The number of nitrogens with one attached hydrogen (secondary N) is 3. The minimum atomic E-state index is -0.375. The fourth-order valence-corrected chi connectivity index (χ4v) is 4.47. The van der Waals surface area contributed by atoms with Crippen LogP contribution in [-0.2, 0) is 11.2 Å². The van der Waals surface area contributed by atoms with Gasteiger partial charge in [0.15, 0.2) is 0 Å². The van der Waals surface area contributed by atoms with Gasteiger partial charge in [0.1, 0.15) is 17.3 Å².